The second kappa shape index (κ2) is 10.6. The Hall–Kier alpha value is -1.81. The molecule has 33 heavy (non-hydrogen) atoms. The second-order valence-electron chi connectivity index (χ2n) is 9.70. The molecule has 5 atom stereocenters. The lowest BCUT2D eigenvalue weighted by atomic mass is 9.70. The summed E-state index contributed by atoms with van der Waals surface area (Å²) in [5.41, 5.74) is 2.28. The van der Waals surface area contributed by atoms with Crippen LogP contribution in [0.3, 0.4) is 0 Å². The van der Waals surface area contributed by atoms with Gasteiger partial charge in [-0.1, -0.05) is 60.5 Å². The minimum Gasteiger partial charge on any atom is -0.377 e. The predicted octanol–water partition coefficient (Wildman–Crippen LogP) is 7.07. The molecular weight excluding hydrogens is 453 g/mol. The number of rotatable bonds is 8. The summed E-state index contributed by atoms with van der Waals surface area (Å²) in [7, 11) is 0. The normalized spacial score (nSPS) is 27.1. The summed E-state index contributed by atoms with van der Waals surface area (Å²) >= 11 is 12.5. The maximum Gasteiger partial charge on any atom is 0.223 e. The average Bonchev–Trinajstić information content (AvgIpc) is 3.35. The summed E-state index contributed by atoms with van der Waals surface area (Å²) < 4.78 is 6.19. The minimum absolute atomic E-state index is 0.0464. The third-order valence-corrected chi connectivity index (χ3v) is 8.06. The highest BCUT2D eigenvalue weighted by Gasteiger charge is 2.41. The fourth-order valence-corrected chi connectivity index (χ4v) is 5.94. The molecule has 0 bridgehead atoms. The van der Waals surface area contributed by atoms with E-state index in [1.165, 1.54) is 11.1 Å². The molecule has 0 aliphatic carbocycles. The number of ether oxygens (including phenoxy) is 1. The van der Waals surface area contributed by atoms with Gasteiger partial charge in [-0.2, -0.15) is 0 Å². The highest BCUT2D eigenvalue weighted by atomic mass is 35.5. The highest BCUT2D eigenvalue weighted by Crippen LogP contribution is 2.42. The Bertz CT molecular complexity index is 970. The fourth-order valence-electron chi connectivity index (χ4n) is 5.62. The lowest BCUT2D eigenvalue weighted by molar-refractivity contribution is -0.128. The zero-order valence-corrected chi connectivity index (χ0v) is 20.7. The van der Waals surface area contributed by atoms with E-state index in [-0.39, 0.29) is 35.3 Å². The van der Waals surface area contributed by atoms with Crippen molar-refractivity contribution in [2.75, 3.05) is 6.61 Å². The Kier molecular flexibility index (Phi) is 7.83. The predicted molar refractivity (Wildman–Crippen MR) is 136 cm³/mol. The third kappa shape index (κ3) is 5.48. The number of carbonyl (C=O) groups excluding carboxylic acids is 1. The van der Waals surface area contributed by atoms with Gasteiger partial charge in [0.05, 0.1) is 6.10 Å². The van der Waals surface area contributed by atoms with Crippen molar-refractivity contribution in [1.29, 1.82) is 0 Å². The first-order valence-electron chi connectivity index (χ1n) is 11.9. The van der Waals surface area contributed by atoms with Crippen LogP contribution in [0.15, 0.2) is 61.2 Å². The van der Waals surface area contributed by atoms with Gasteiger partial charge in [0.25, 0.3) is 0 Å². The molecule has 0 unspecified atom stereocenters. The van der Waals surface area contributed by atoms with Gasteiger partial charge in [0.1, 0.15) is 0 Å². The van der Waals surface area contributed by atoms with Gasteiger partial charge in [-0.25, -0.2) is 0 Å². The number of halogens is 2. The van der Waals surface area contributed by atoms with E-state index in [1.807, 2.05) is 36.4 Å². The molecular formula is C28H33Cl2NO2. The SMILES string of the molecule is C=CC[C@H]1C[C@H](c2cccc(Cl)c2)[C@H](CC[C@@](C)(c2ccc(Cl)cc2)[C@@H]2CCCO2)NC1=O. The van der Waals surface area contributed by atoms with Crippen molar-refractivity contribution in [3.8, 4) is 0 Å². The number of piperidine rings is 1. The molecule has 4 rings (SSSR count). The average molecular weight is 486 g/mol. The lowest BCUT2D eigenvalue weighted by Gasteiger charge is -2.41. The van der Waals surface area contributed by atoms with Crippen LogP contribution in [-0.4, -0.2) is 24.7 Å². The third-order valence-electron chi connectivity index (χ3n) is 7.57. The Morgan fingerprint density at radius 2 is 1.97 bits per heavy atom. The molecule has 2 fully saturated rings. The van der Waals surface area contributed by atoms with E-state index < -0.39 is 0 Å². The molecule has 0 radical (unpaired) electrons. The monoisotopic (exact) mass is 485 g/mol. The van der Waals surface area contributed by atoms with Crippen molar-refractivity contribution in [2.24, 2.45) is 5.92 Å². The maximum atomic E-state index is 12.9. The van der Waals surface area contributed by atoms with Crippen LogP contribution in [0.4, 0.5) is 0 Å². The van der Waals surface area contributed by atoms with E-state index in [1.54, 1.807) is 0 Å². The molecule has 0 spiro atoms. The number of nitrogens with one attached hydrogen (secondary N) is 1. The summed E-state index contributed by atoms with van der Waals surface area (Å²) in [6, 6.07) is 16.3. The topological polar surface area (TPSA) is 38.3 Å². The zero-order chi connectivity index (χ0) is 23.4. The Morgan fingerprint density at radius 3 is 2.64 bits per heavy atom. The largest absolute Gasteiger partial charge is 0.377 e. The van der Waals surface area contributed by atoms with Gasteiger partial charge in [0, 0.05) is 39.9 Å². The molecule has 2 aromatic carbocycles. The standard InChI is InChI=1S/C28H33Cl2NO2/c1-3-6-20-18-24(19-7-4-8-23(30)17-19)25(31-27(20)32)14-15-28(2,26-9-5-16-33-26)21-10-12-22(29)13-11-21/h3-4,7-8,10-13,17,20,24-26H,1,5-6,9,14-16,18H2,2H3,(H,31,32)/t20-,24+,25-,26-,28-/m0/s1. The molecule has 2 heterocycles. The fraction of sp³-hybridized carbons (Fsp3) is 0.464. The molecule has 2 aliphatic rings. The summed E-state index contributed by atoms with van der Waals surface area (Å²) in [6.45, 7) is 6.95. The molecule has 5 heteroatoms. The summed E-state index contributed by atoms with van der Waals surface area (Å²) in [5.74, 6) is 0.289. The quantitative estimate of drug-likeness (QED) is 0.405. The van der Waals surface area contributed by atoms with Gasteiger partial charge in [-0.3, -0.25) is 4.79 Å². The second-order valence-corrected chi connectivity index (χ2v) is 10.6. The molecule has 3 nitrogen and oxygen atoms in total. The number of amides is 1. The van der Waals surface area contributed by atoms with E-state index in [4.69, 9.17) is 27.9 Å². The molecule has 2 aliphatic heterocycles. The van der Waals surface area contributed by atoms with Crippen molar-refractivity contribution in [3.05, 3.63) is 82.4 Å². The van der Waals surface area contributed by atoms with Crippen LogP contribution >= 0.6 is 23.2 Å². The first-order valence-corrected chi connectivity index (χ1v) is 12.7. The zero-order valence-electron chi connectivity index (χ0n) is 19.2. The number of allylic oxidation sites excluding steroid dienone is 1. The van der Waals surface area contributed by atoms with Crippen LogP contribution < -0.4 is 5.32 Å². The summed E-state index contributed by atoms with van der Waals surface area (Å²) in [4.78, 5) is 12.9. The molecule has 1 amide bonds. The number of carbonyl (C=O) groups is 1. The van der Waals surface area contributed by atoms with Crippen molar-refractivity contribution in [2.45, 2.75) is 68.9 Å². The number of hydrogen-bond acceptors (Lipinski definition) is 2. The van der Waals surface area contributed by atoms with Gasteiger partial charge in [-0.05, 0) is 73.9 Å². The lowest BCUT2D eigenvalue weighted by Crippen LogP contribution is -2.49. The highest BCUT2D eigenvalue weighted by molar-refractivity contribution is 6.30. The minimum atomic E-state index is -0.150. The van der Waals surface area contributed by atoms with Crippen molar-refractivity contribution in [1.82, 2.24) is 5.32 Å². The van der Waals surface area contributed by atoms with Gasteiger partial charge in [-0.15, -0.1) is 6.58 Å². The van der Waals surface area contributed by atoms with E-state index in [0.717, 1.165) is 48.8 Å². The first-order chi connectivity index (χ1) is 15.9. The van der Waals surface area contributed by atoms with Crippen molar-refractivity contribution < 1.29 is 9.53 Å². The van der Waals surface area contributed by atoms with Gasteiger partial charge >= 0.3 is 0 Å². The summed E-state index contributed by atoms with van der Waals surface area (Å²) in [6.07, 6.45) is 7.41. The summed E-state index contributed by atoms with van der Waals surface area (Å²) in [5, 5.41) is 4.82. The Morgan fingerprint density at radius 1 is 1.18 bits per heavy atom. The Balaban J connectivity index is 1.60. The first kappa shape index (κ1) is 24.3. The van der Waals surface area contributed by atoms with E-state index >= 15 is 0 Å². The molecule has 1 N–H and O–H groups in total. The molecule has 176 valence electrons. The van der Waals surface area contributed by atoms with Gasteiger partial charge in [0.2, 0.25) is 5.91 Å². The van der Waals surface area contributed by atoms with Crippen molar-refractivity contribution in [3.63, 3.8) is 0 Å². The van der Waals surface area contributed by atoms with Crippen molar-refractivity contribution >= 4 is 29.1 Å². The van der Waals surface area contributed by atoms with Crippen LogP contribution in [0, 0.1) is 5.92 Å². The number of benzene rings is 2. The molecule has 0 saturated carbocycles. The molecule has 2 aromatic rings. The van der Waals surface area contributed by atoms with Crippen LogP contribution in [0.2, 0.25) is 10.0 Å². The van der Waals surface area contributed by atoms with Crippen LogP contribution in [0.1, 0.15) is 62.5 Å². The van der Waals surface area contributed by atoms with E-state index in [0.29, 0.717) is 6.42 Å². The Labute approximate surface area is 207 Å². The van der Waals surface area contributed by atoms with Gasteiger partial charge < -0.3 is 10.1 Å². The maximum absolute atomic E-state index is 12.9. The van der Waals surface area contributed by atoms with E-state index in [9.17, 15) is 4.79 Å². The number of hydrogen-bond donors (Lipinski definition) is 1. The van der Waals surface area contributed by atoms with Crippen LogP contribution in [0.5, 0.6) is 0 Å². The van der Waals surface area contributed by atoms with Crippen LogP contribution in [0.25, 0.3) is 0 Å². The smallest absolute Gasteiger partial charge is 0.223 e. The molecule has 0 aromatic heterocycles. The van der Waals surface area contributed by atoms with Crippen LogP contribution in [-0.2, 0) is 14.9 Å². The molecule has 2 saturated heterocycles. The van der Waals surface area contributed by atoms with Gasteiger partial charge in [0.15, 0.2) is 0 Å². The van der Waals surface area contributed by atoms with E-state index in [2.05, 4.69) is 37.0 Å².